The van der Waals surface area contributed by atoms with Gasteiger partial charge in [0.25, 0.3) is 11.6 Å². The zero-order chi connectivity index (χ0) is 15.8. The first-order chi connectivity index (χ1) is 9.67. The van der Waals surface area contributed by atoms with Gasteiger partial charge < -0.3 is 20.1 Å². The van der Waals surface area contributed by atoms with Gasteiger partial charge in [-0.25, -0.2) is 0 Å². The number of amides is 1. The van der Waals surface area contributed by atoms with E-state index in [0.717, 1.165) is 0 Å². The summed E-state index contributed by atoms with van der Waals surface area (Å²) in [6.45, 7) is 3.25. The van der Waals surface area contributed by atoms with E-state index in [1.165, 1.54) is 12.1 Å². The second kappa shape index (κ2) is 5.21. The number of benzene rings is 1. The minimum Gasteiger partial charge on any atom is -0.481 e. The lowest BCUT2D eigenvalue weighted by Gasteiger charge is -2.28. The summed E-state index contributed by atoms with van der Waals surface area (Å²) in [4.78, 5) is 23.6. The average Bonchev–Trinajstić information content (AvgIpc) is 2.34. The highest BCUT2D eigenvalue weighted by atomic mass is 16.6. The first kappa shape index (κ1) is 15.0. The smallest absolute Gasteiger partial charge is 0.296 e. The number of carbonyl (C=O) groups is 1. The van der Waals surface area contributed by atoms with Gasteiger partial charge in [0.1, 0.15) is 5.69 Å². The largest absolute Gasteiger partial charge is 0.481 e. The van der Waals surface area contributed by atoms with Crippen LogP contribution in [0.1, 0.15) is 13.8 Å². The number of nitrogens with one attached hydrogen (secondary N) is 1. The van der Waals surface area contributed by atoms with Crippen LogP contribution in [-0.4, -0.2) is 41.7 Å². The first-order valence-corrected chi connectivity index (χ1v) is 6.36. The lowest BCUT2D eigenvalue weighted by Crippen LogP contribution is -2.36. The number of carbonyl (C=O) groups excluding carboxylic acids is 1. The molecule has 1 amide bonds. The highest BCUT2D eigenvalue weighted by molar-refractivity contribution is 5.96. The van der Waals surface area contributed by atoms with Crippen molar-refractivity contribution in [1.29, 1.82) is 0 Å². The number of nitrogens with zero attached hydrogens (tertiary/aromatic N) is 2. The van der Waals surface area contributed by atoms with Crippen LogP contribution in [0.5, 0.6) is 5.75 Å². The molecule has 1 heterocycles. The van der Waals surface area contributed by atoms with Gasteiger partial charge in [0.05, 0.1) is 22.3 Å². The summed E-state index contributed by atoms with van der Waals surface area (Å²) in [6, 6.07) is 2.77. The van der Waals surface area contributed by atoms with Crippen LogP contribution in [0.15, 0.2) is 12.1 Å². The van der Waals surface area contributed by atoms with Gasteiger partial charge in [-0.05, 0) is 19.9 Å². The third kappa shape index (κ3) is 3.40. The van der Waals surface area contributed by atoms with Crippen LogP contribution < -0.4 is 15.0 Å². The Labute approximate surface area is 121 Å². The van der Waals surface area contributed by atoms with Crippen LogP contribution in [0.4, 0.5) is 17.1 Å². The van der Waals surface area contributed by atoms with E-state index >= 15 is 0 Å². The molecule has 0 aliphatic carbocycles. The number of fused-ring (bicyclic) bond motifs is 1. The van der Waals surface area contributed by atoms with Gasteiger partial charge in [0.2, 0.25) is 0 Å². The molecule has 2 rings (SSSR count). The van der Waals surface area contributed by atoms with E-state index in [1.807, 2.05) is 0 Å². The molecule has 114 valence electrons. The quantitative estimate of drug-likeness (QED) is 0.637. The van der Waals surface area contributed by atoms with E-state index in [2.05, 4.69) is 5.32 Å². The van der Waals surface area contributed by atoms with Crippen LogP contribution >= 0.6 is 0 Å². The minimum absolute atomic E-state index is 0.142. The van der Waals surface area contributed by atoms with Crippen molar-refractivity contribution in [2.45, 2.75) is 19.4 Å². The SMILES string of the molecule is CN(CC(C)(C)O)c1cc2c(cc1[N+](=O)[O-])OCC(=O)N2. The van der Waals surface area contributed by atoms with E-state index in [-0.39, 0.29) is 30.5 Å². The van der Waals surface area contributed by atoms with Gasteiger partial charge in [-0.3, -0.25) is 14.9 Å². The van der Waals surface area contributed by atoms with E-state index in [1.54, 1.807) is 25.8 Å². The average molecular weight is 295 g/mol. The molecule has 0 bridgehead atoms. The van der Waals surface area contributed by atoms with Crippen molar-refractivity contribution < 1.29 is 19.6 Å². The standard InChI is InChI=1S/C13H17N3O5/c1-13(2,18)7-15(3)9-4-8-11(5-10(9)16(19)20)21-6-12(17)14-8/h4-5,18H,6-7H2,1-3H3,(H,14,17). The van der Waals surface area contributed by atoms with Crippen molar-refractivity contribution in [3.63, 3.8) is 0 Å². The summed E-state index contributed by atoms with van der Waals surface area (Å²) in [5, 5.41) is 23.7. The van der Waals surface area contributed by atoms with E-state index in [0.29, 0.717) is 11.4 Å². The molecule has 8 nitrogen and oxygen atoms in total. The van der Waals surface area contributed by atoms with Crippen LogP contribution in [0, 0.1) is 10.1 Å². The van der Waals surface area contributed by atoms with Crippen molar-refractivity contribution in [3.05, 3.63) is 22.2 Å². The molecular formula is C13H17N3O5. The molecule has 0 aromatic heterocycles. The molecule has 1 aliphatic heterocycles. The normalized spacial score (nSPS) is 14.0. The molecule has 0 unspecified atom stereocenters. The van der Waals surface area contributed by atoms with Crippen LogP contribution in [0.3, 0.4) is 0 Å². The second-order valence-electron chi connectivity index (χ2n) is 5.60. The number of nitro groups is 1. The molecule has 21 heavy (non-hydrogen) atoms. The molecule has 8 heteroatoms. The third-order valence-electron chi connectivity index (χ3n) is 2.94. The van der Waals surface area contributed by atoms with Gasteiger partial charge in [-0.2, -0.15) is 0 Å². The number of rotatable bonds is 4. The van der Waals surface area contributed by atoms with Crippen molar-refractivity contribution in [2.24, 2.45) is 0 Å². The number of hydrogen-bond acceptors (Lipinski definition) is 6. The fraction of sp³-hybridized carbons (Fsp3) is 0.462. The molecule has 0 saturated heterocycles. The number of nitro benzene ring substituents is 1. The molecule has 0 fully saturated rings. The van der Waals surface area contributed by atoms with Crippen molar-refractivity contribution in [1.82, 2.24) is 0 Å². The fourth-order valence-electron chi connectivity index (χ4n) is 2.22. The molecule has 0 saturated carbocycles. The topological polar surface area (TPSA) is 105 Å². The maximum Gasteiger partial charge on any atom is 0.296 e. The van der Waals surface area contributed by atoms with Crippen LogP contribution in [0.25, 0.3) is 0 Å². The van der Waals surface area contributed by atoms with Gasteiger partial charge in [-0.1, -0.05) is 0 Å². The Morgan fingerprint density at radius 1 is 1.52 bits per heavy atom. The van der Waals surface area contributed by atoms with Gasteiger partial charge in [0, 0.05) is 13.6 Å². The van der Waals surface area contributed by atoms with Gasteiger partial charge in [-0.15, -0.1) is 0 Å². The Kier molecular flexibility index (Phi) is 3.73. The molecule has 0 spiro atoms. The van der Waals surface area contributed by atoms with E-state index in [9.17, 15) is 20.0 Å². The van der Waals surface area contributed by atoms with E-state index < -0.39 is 10.5 Å². The molecule has 2 N–H and O–H groups in total. The highest BCUT2D eigenvalue weighted by Gasteiger charge is 2.27. The van der Waals surface area contributed by atoms with Crippen molar-refractivity contribution >= 4 is 23.0 Å². The monoisotopic (exact) mass is 295 g/mol. The second-order valence-corrected chi connectivity index (χ2v) is 5.60. The summed E-state index contributed by atoms with van der Waals surface area (Å²) in [5.74, 6) is -0.0471. The Morgan fingerprint density at radius 3 is 2.76 bits per heavy atom. The van der Waals surface area contributed by atoms with Gasteiger partial charge >= 0.3 is 0 Å². The third-order valence-corrected chi connectivity index (χ3v) is 2.94. The molecule has 0 radical (unpaired) electrons. The predicted octanol–water partition coefficient (Wildman–Crippen LogP) is 1.13. The molecular weight excluding hydrogens is 278 g/mol. The maximum atomic E-state index is 11.3. The summed E-state index contributed by atoms with van der Waals surface area (Å²) in [7, 11) is 1.64. The number of hydrogen-bond donors (Lipinski definition) is 2. The Hall–Kier alpha value is -2.35. The summed E-state index contributed by atoms with van der Waals surface area (Å²) >= 11 is 0. The molecule has 1 aliphatic rings. The zero-order valence-electron chi connectivity index (χ0n) is 12.0. The lowest BCUT2D eigenvalue weighted by atomic mass is 10.1. The number of ether oxygens (including phenoxy) is 1. The Morgan fingerprint density at radius 2 is 2.19 bits per heavy atom. The lowest BCUT2D eigenvalue weighted by molar-refractivity contribution is -0.384. The summed E-state index contributed by atoms with van der Waals surface area (Å²) in [6.07, 6.45) is 0. The van der Waals surface area contributed by atoms with Crippen LogP contribution in [-0.2, 0) is 4.79 Å². The minimum atomic E-state index is -1.02. The van der Waals surface area contributed by atoms with Gasteiger partial charge in [0.15, 0.2) is 12.4 Å². The number of anilines is 2. The molecule has 1 aromatic carbocycles. The Bertz CT molecular complexity index is 594. The van der Waals surface area contributed by atoms with Crippen molar-refractivity contribution in [3.8, 4) is 5.75 Å². The Balaban J connectivity index is 2.45. The van der Waals surface area contributed by atoms with Crippen molar-refractivity contribution in [2.75, 3.05) is 30.4 Å². The number of likely N-dealkylation sites (N-methyl/N-ethyl adjacent to an activating group) is 1. The maximum absolute atomic E-state index is 11.3. The fourth-order valence-corrected chi connectivity index (χ4v) is 2.22. The molecule has 0 atom stereocenters. The van der Waals surface area contributed by atoms with E-state index in [4.69, 9.17) is 4.74 Å². The zero-order valence-corrected chi connectivity index (χ0v) is 12.0. The highest BCUT2D eigenvalue weighted by Crippen LogP contribution is 2.39. The number of aliphatic hydroxyl groups is 1. The van der Waals surface area contributed by atoms with Crippen LogP contribution in [0.2, 0.25) is 0 Å². The molecule has 1 aromatic rings. The summed E-state index contributed by atoms with van der Waals surface area (Å²) < 4.78 is 5.18. The first-order valence-electron chi connectivity index (χ1n) is 6.36. The summed E-state index contributed by atoms with van der Waals surface area (Å²) in [5.41, 5.74) is -0.476. The predicted molar refractivity (Wildman–Crippen MR) is 76.8 cm³/mol.